The van der Waals surface area contributed by atoms with Gasteiger partial charge in [0.2, 0.25) is 0 Å². The molecule has 0 saturated carbocycles. The number of imidazole rings is 1. The van der Waals surface area contributed by atoms with Crippen LogP contribution in [0, 0.1) is 0 Å². The number of methoxy groups -OCH3 is 2. The summed E-state index contributed by atoms with van der Waals surface area (Å²) in [7, 11) is 3.24. The molecule has 0 bridgehead atoms. The number of aromatic nitrogens is 3. The van der Waals surface area contributed by atoms with Crippen molar-refractivity contribution in [1.82, 2.24) is 19.4 Å². The lowest BCUT2D eigenvalue weighted by atomic mass is 10.1. The minimum Gasteiger partial charge on any atom is -0.493 e. The zero-order valence-corrected chi connectivity index (χ0v) is 23.0. The van der Waals surface area contributed by atoms with E-state index < -0.39 is 11.6 Å². The number of hydrogen-bond donors (Lipinski definition) is 1. The maximum Gasteiger partial charge on any atom is 0.407 e. The van der Waals surface area contributed by atoms with Gasteiger partial charge in [0.1, 0.15) is 11.0 Å². The van der Waals surface area contributed by atoms with Crippen molar-refractivity contribution in [1.29, 1.82) is 0 Å². The Hall–Kier alpha value is -3.59. The van der Waals surface area contributed by atoms with Gasteiger partial charge in [-0.25, -0.2) is 14.8 Å². The van der Waals surface area contributed by atoms with Crippen LogP contribution in [-0.4, -0.2) is 56.9 Å². The lowest BCUT2D eigenvalue weighted by molar-refractivity contribution is 0.101. The van der Waals surface area contributed by atoms with Gasteiger partial charge in [-0.3, -0.25) is 0 Å². The molecular weight excluding hydrogens is 488 g/mol. The van der Waals surface area contributed by atoms with Crippen LogP contribution in [0.2, 0.25) is 0 Å². The highest BCUT2D eigenvalue weighted by molar-refractivity contribution is 7.18. The Morgan fingerprint density at radius 2 is 1.89 bits per heavy atom. The second-order valence-corrected chi connectivity index (χ2v) is 11.0. The highest BCUT2D eigenvalue weighted by Gasteiger charge is 2.27. The third kappa shape index (κ3) is 5.72. The van der Waals surface area contributed by atoms with Gasteiger partial charge in [0.15, 0.2) is 11.5 Å². The van der Waals surface area contributed by atoms with Gasteiger partial charge >= 0.3 is 6.09 Å². The lowest BCUT2D eigenvalue weighted by Crippen LogP contribution is -2.45. The third-order valence-electron chi connectivity index (χ3n) is 6.42. The van der Waals surface area contributed by atoms with Gasteiger partial charge < -0.3 is 24.0 Å². The van der Waals surface area contributed by atoms with E-state index in [1.807, 2.05) is 49.7 Å². The number of nitrogens with zero attached hydrogens (tertiary/aromatic N) is 4. The Kier molecular flexibility index (Phi) is 7.73. The van der Waals surface area contributed by atoms with Crippen molar-refractivity contribution in [2.24, 2.45) is 0 Å². The number of benzene rings is 2. The van der Waals surface area contributed by atoms with E-state index in [-0.39, 0.29) is 6.04 Å². The summed E-state index contributed by atoms with van der Waals surface area (Å²) in [6, 6.07) is 12.0. The monoisotopic (exact) mass is 522 g/mol. The van der Waals surface area contributed by atoms with Crippen LogP contribution in [0.15, 0.2) is 48.9 Å². The average molecular weight is 523 g/mol. The van der Waals surface area contributed by atoms with Crippen LogP contribution >= 0.6 is 11.3 Å². The molecule has 2 aromatic heterocycles. The molecule has 8 nitrogen and oxygen atoms in total. The van der Waals surface area contributed by atoms with Gasteiger partial charge in [0, 0.05) is 24.7 Å². The fourth-order valence-corrected chi connectivity index (χ4v) is 5.55. The zero-order chi connectivity index (χ0) is 26.7. The Morgan fingerprint density at radius 3 is 2.54 bits per heavy atom. The van der Waals surface area contributed by atoms with E-state index in [1.54, 1.807) is 31.9 Å². The van der Waals surface area contributed by atoms with E-state index in [0.29, 0.717) is 24.5 Å². The van der Waals surface area contributed by atoms with Crippen molar-refractivity contribution in [2.45, 2.75) is 52.1 Å². The zero-order valence-electron chi connectivity index (χ0n) is 22.2. The van der Waals surface area contributed by atoms with Crippen LogP contribution in [0.3, 0.4) is 0 Å². The van der Waals surface area contributed by atoms with Crippen LogP contribution in [0.5, 0.6) is 11.5 Å². The molecule has 0 aliphatic rings. The largest absolute Gasteiger partial charge is 0.493 e. The number of carboxylic acid groups (broad SMARTS) is 1. The summed E-state index contributed by atoms with van der Waals surface area (Å²) in [5.41, 5.74) is 3.55. The second kappa shape index (κ2) is 10.8. The normalized spacial score (nSPS) is 12.5. The van der Waals surface area contributed by atoms with Gasteiger partial charge in [-0.2, -0.15) is 0 Å². The molecule has 2 aromatic carbocycles. The summed E-state index contributed by atoms with van der Waals surface area (Å²) in [6.07, 6.45) is 4.32. The van der Waals surface area contributed by atoms with Crippen LogP contribution in [-0.2, 0) is 12.8 Å². The molecule has 0 fully saturated rings. The molecule has 4 rings (SSSR count). The maximum absolute atomic E-state index is 11.8. The van der Waals surface area contributed by atoms with Gasteiger partial charge in [-0.1, -0.05) is 19.1 Å². The summed E-state index contributed by atoms with van der Waals surface area (Å²) >= 11 is 1.67. The van der Waals surface area contributed by atoms with Gasteiger partial charge in [-0.15, -0.1) is 11.3 Å². The van der Waals surface area contributed by atoms with Crippen molar-refractivity contribution in [3.8, 4) is 11.5 Å². The predicted octanol–water partition coefficient (Wildman–Crippen LogP) is 6.03. The standard InChI is InChI=1S/C28H34N4O4S/c1-7-18-8-10-21-24(14-18)37-26(30-21)25(19-9-11-22(35-5)23(15-19)36-6)31-16-20(29-17-31)12-13-32(27(33)34)28(2,3)4/h8-11,14-17,25H,7,12-13H2,1-6H3,(H,33,34). The van der Waals surface area contributed by atoms with Crippen molar-refractivity contribution < 1.29 is 19.4 Å². The van der Waals surface area contributed by atoms with E-state index >= 15 is 0 Å². The number of ether oxygens (including phenoxy) is 2. The highest BCUT2D eigenvalue weighted by Crippen LogP contribution is 2.37. The lowest BCUT2D eigenvalue weighted by Gasteiger charge is -2.32. The molecule has 0 aliphatic heterocycles. The van der Waals surface area contributed by atoms with Crippen molar-refractivity contribution in [3.05, 3.63) is 70.8 Å². The molecule has 0 spiro atoms. The smallest absolute Gasteiger partial charge is 0.407 e. The van der Waals surface area contributed by atoms with Crippen molar-refractivity contribution >= 4 is 27.6 Å². The fraction of sp³-hybridized carbons (Fsp3) is 0.393. The van der Waals surface area contributed by atoms with Gasteiger partial charge in [-0.05, 0) is 62.6 Å². The molecule has 2 heterocycles. The topological polar surface area (TPSA) is 89.7 Å². The molecule has 4 aromatic rings. The molecular formula is C28H34N4O4S. The summed E-state index contributed by atoms with van der Waals surface area (Å²) in [5.74, 6) is 1.30. The number of amides is 1. The fourth-order valence-electron chi connectivity index (χ4n) is 4.38. The second-order valence-electron chi connectivity index (χ2n) is 9.89. The molecule has 0 saturated heterocycles. The van der Waals surface area contributed by atoms with Gasteiger partial charge in [0.05, 0.1) is 36.5 Å². The van der Waals surface area contributed by atoms with Crippen LogP contribution < -0.4 is 9.47 Å². The molecule has 1 N–H and O–H groups in total. The van der Waals surface area contributed by atoms with E-state index in [9.17, 15) is 9.90 Å². The first-order valence-corrected chi connectivity index (χ1v) is 13.1. The minimum atomic E-state index is -0.934. The first-order chi connectivity index (χ1) is 17.6. The van der Waals surface area contributed by atoms with Gasteiger partial charge in [0.25, 0.3) is 0 Å². The summed E-state index contributed by atoms with van der Waals surface area (Å²) < 4.78 is 14.2. The molecule has 0 aliphatic carbocycles. The maximum atomic E-state index is 11.8. The predicted molar refractivity (Wildman–Crippen MR) is 146 cm³/mol. The molecule has 196 valence electrons. The van der Waals surface area contributed by atoms with Crippen LogP contribution in [0.1, 0.15) is 55.6 Å². The Balaban J connectivity index is 1.73. The first kappa shape index (κ1) is 26.5. The molecule has 1 atom stereocenters. The van der Waals surface area contributed by atoms with E-state index in [2.05, 4.69) is 30.1 Å². The summed E-state index contributed by atoms with van der Waals surface area (Å²) in [6.45, 7) is 8.18. The summed E-state index contributed by atoms with van der Waals surface area (Å²) in [5, 5.41) is 10.6. The third-order valence-corrected chi connectivity index (χ3v) is 7.49. The molecule has 1 amide bonds. The van der Waals surface area contributed by atoms with E-state index in [1.165, 1.54) is 10.5 Å². The molecule has 37 heavy (non-hydrogen) atoms. The number of fused-ring (bicyclic) bond motifs is 1. The molecule has 9 heteroatoms. The number of carbonyl (C=O) groups is 1. The van der Waals surface area contributed by atoms with E-state index in [4.69, 9.17) is 14.5 Å². The summed E-state index contributed by atoms with van der Waals surface area (Å²) in [4.78, 5) is 22.8. The Morgan fingerprint density at radius 1 is 1.14 bits per heavy atom. The number of hydrogen-bond acceptors (Lipinski definition) is 6. The van der Waals surface area contributed by atoms with Crippen molar-refractivity contribution in [3.63, 3.8) is 0 Å². The molecule has 1 unspecified atom stereocenters. The van der Waals surface area contributed by atoms with E-state index in [0.717, 1.165) is 32.9 Å². The Labute approximate surface area is 221 Å². The Bertz CT molecular complexity index is 1390. The number of rotatable bonds is 9. The highest BCUT2D eigenvalue weighted by atomic mass is 32.1. The number of aryl methyl sites for hydroxylation is 1. The van der Waals surface area contributed by atoms with Crippen LogP contribution in [0.4, 0.5) is 4.79 Å². The van der Waals surface area contributed by atoms with Crippen LogP contribution in [0.25, 0.3) is 10.2 Å². The SMILES string of the molecule is CCc1ccc2nc(C(c3ccc(OC)c(OC)c3)n3cnc(CCN(C(=O)O)C(C)(C)C)c3)sc2c1. The number of thiazole rings is 1. The minimum absolute atomic E-state index is 0.235. The first-order valence-electron chi connectivity index (χ1n) is 12.3. The average Bonchev–Trinajstić information content (AvgIpc) is 3.49. The molecule has 0 radical (unpaired) electrons. The van der Waals surface area contributed by atoms with Crippen molar-refractivity contribution in [2.75, 3.05) is 20.8 Å². The quantitative estimate of drug-likeness (QED) is 0.289.